The lowest BCUT2D eigenvalue weighted by molar-refractivity contribution is -0.120. The Kier molecular flexibility index (Phi) is 3.33. The first-order chi connectivity index (χ1) is 6.50. The van der Waals surface area contributed by atoms with E-state index in [4.69, 9.17) is 0 Å². The second-order valence-corrected chi connectivity index (χ2v) is 3.46. The summed E-state index contributed by atoms with van der Waals surface area (Å²) >= 11 is 0. The van der Waals surface area contributed by atoms with Crippen LogP contribution in [0, 0.1) is 17.6 Å². The van der Waals surface area contributed by atoms with Gasteiger partial charge in [-0.2, -0.15) is 0 Å². The van der Waals surface area contributed by atoms with Crippen molar-refractivity contribution in [1.29, 1.82) is 0 Å². The molecule has 0 bridgehead atoms. The number of rotatable bonds is 3. The molecule has 1 unspecified atom stereocenters. The standard InChI is InChI=1S/C11H12F2O/c1-7(8(2)14)5-9-3-4-10(12)11(13)6-9/h3-4,6-7H,5H2,1-2H3. The van der Waals surface area contributed by atoms with Crippen molar-refractivity contribution in [3.8, 4) is 0 Å². The Morgan fingerprint density at radius 1 is 1.36 bits per heavy atom. The van der Waals surface area contributed by atoms with Crippen LogP contribution in [0.4, 0.5) is 8.78 Å². The molecule has 0 aliphatic rings. The Labute approximate surface area is 81.7 Å². The van der Waals surface area contributed by atoms with Crippen LogP contribution in [0.3, 0.4) is 0 Å². The molecule has 1 aromatic rings. The summed E-state index contributed by atoms with van der Waals surface area (Å²) in [5.41, 5.74) is 0.645. The van der Waals surface area contributed by atoms with Crippen LogP contribution < -0.4 is 0 Å². The van der Waals surface area contributed by atoms with Crippen molar-refractivity contribution in [2.75, 3.05) is 0 Å². The third kappa shape index (κ3) is 2.62. The molecule has 0 aliphatic heterocycles. The van der Waals surface area contributed by atoms with Crippen LogP contribution in [0.2, 0.25) is 0 Å². The molecule has 0 radical (unpaired) electrons. The number of carbonyl (C=O) groups excluding carboxylic acids is 1. The Morgan fingerprint density at radius 2 is 2.00 bits per heavy atom. The quantitative estimate of drug-likeness (QED) is 0.729. The molecule has 76 valence electrons. The minimum atomic E-state index is -0.863. The normalized spacial score (nSPS) is 12.6. The third-order valence-corrected chi connectivity index (χ3v) is 2.22. The minimum Gasteiger partial charge on any atom is -0.300 e. The number of carbonyl (C=O) groups is 1. The Balaban J connectivity index is 2.78. The summed E-state index contributed by atoms with van der Waals surface area (Å²) in [4.78, 5) is 10.9. The molecule has 14 heavy (non-hydrogen) atoms. The summed E-state index contributed by atoms with van der Waals surface area (Å²) in [5.74, 6) is -1.82. The molecule has 3 heteroatoms. The molecule has 1 rings (SSSR count). The zero-order valence-electron chi connectivity index (χ0n) is 8.18. The van der Waals surface area contributed by atoms with E-state index in [1.807, 2.05) is 0 Å². The predicted octanol–water partition coefficient (Wildman–Crippen LogP) is 2.73. The third-order valence-electron chi connectivity index (χ3n) is 2.22. The topological polar surface area (TPSA) is 17.1 Å². The van der Waals surface area contributed by atoms with Gasteiger partial charge in [-0.25, -0.2) is 8.78 Å². The molecule has 0 amide bonds. The second-order valence-electron chi connectivity index (χ2n) is 3.46. The molecular formula is C11H12F2O. The van der Waals surface area contributed by atoms with Gasteiger partial charge >= 0.3 is 0 Å². The fourth-order valence-electron chi connectivity index (χ4n) is 1.16. The molecule has 0 saturated carbocycles. The lowest BCUT2D eigenvalue weighted by Crippen LogP contribution is -2.09. The van der Waals surface area contributed by atoms with E-state index in [0.717, 1.165) is 12.1 Å². The van der Waals surface area contributed by atoms with Gasteiger partial charge in [0.1, 0.15) is 5.78 Å². The van der Waals surface area contributed by atoms with Crippen LogP contribution in [-0.4, -0.2) is 5.78 Å². The van der Waals surface area contributed by atoms with E-state index in [1.165, 1.54) is 13.0 Å². The molecule has 0 spiro atoms. The van der Waals surface area contributed by atoms with Crippen molar-refractivity contribution in [3.05, 3.63) is 35.4 Å². The van der Waals surface area contributed by atoms with E-state index in [1.54, 1.807) is 6.92 Å². The van der Waals surface area contributed by atoms with Gasteiger partial charge in [0.25, 0.3) is 0 Å². The van der Waals surface area contributed by atoms with Crippen molar-refractivity contribution in [1.82, 2.24) is 0 Å². The summed E-state index contributed by atoms with van der Waals surface area (Å²) < 4.78 is 25.3. The van der Waals surface area contributed by atoms with Crippen LogP contribution in [0.25, 0.3) is 0 Å². The molecule has 1 nitrogen and oxygen atoms in total. The van der Waals surface area contributed by atoms with Crippen LogP contribution >= 0.6 is 0 Å². The second kappa shape index (κ2) is 4.31. The van der Waals surface area contributed by atoms with Crippen LogP contribution in [0.1, 0.15) is 19.4 Å². The number of halogens is 2. The van der Waals surface area contributed by atoms with Gasteiger partial charge in [0.05, 0.1) is 0 Å². The molecular weight excluding hydrogens is 186 g/mol. The molecule has 1 aromatic carbocycles. The van der Waals surface area contributed by atoms with Crippen LogP contribution in [-0.2, 0) is 11.2 Å². The maximum Gasteiger partial charge on any atom is 0.159 e. The Bertz CT molecular complexity index is 347. The average Bonchev–Trinajstić information content (AvgIpc) is 2.11. The number of hydrogen-bond donors (Lipinski definition) is 0. The summed E-state index contributed by atoms with van der Waals surface area (Å²) in [5, 5.41) is 0. The van der Waals surface area contributed by atoms with E-state index in [2.05, 4.69) is 0 Å². The predicted molar refractivity (Wildman–Crippen MR) is 49.9 cm³/mol. The number of Topliss-reactive ketones (excluding diaryl/α,β-unsaturated/α-hetero) is 1. The van der Waals surface area contributed by atoms with Gasteiger partial charge in [0.2, 0.25) is 0 Å². The highest BCUT2D eigenvalue weighted by molar-refractivity contribution is 5.78. The summed E-state index contributed by atoms with van der Waals surface area (Å²) in [7, 11) is 0. The van der Waals surface area contributed by atoms with Crippen molar-refractivity contribution < 1.29 is 13.6 Å². The van der Waals surface area contributed by atoms with Crippen LogP contribution in [0.15, 0.2) is 18.2 Å². The fraction of sp³-hybridized carbons (Fsp3) is 0.364. The van der Waals surface area contributed by atoms with Crippen molar-refractivity contribution in [2.45, 2.75) is 20.3 Å². The lowest BCUT2D eigenvalue weighted by Gasteiger charge is -2.07. The maximum absolute atomic E-state index is 12.8. The van der Waals surface area contributed by atoms with E-state index >= 15 is 0 Å². The van der Waals surface area contributed by atoms with Gasteiger partial charge in [0.15, 0.2) is 11.6 Å². The molecule has 0 aromatic heterocycles. The van der Waals surface area contributed by atoms with Gasteiger partial charge in [-0.1, -0.05) is 13.0 Å². The first kappa shape index (κ1) is 10.8. The van der Waals surface area contributed by atoms with Crippen molar-refractivity contribution in [2.24, 2.45) is 5.92 Å². The SMILES string of the molecule is CC(=O)C(C)Cc1ccc(F)c(F)c1. The molecule has 0 N–H and O–H groups in total. The number of benzene rings is 1. The van der Waals surface area contributed by atoms with Crippen molar-refractivity contribution >= 4 is 5.78 Å². The highest BCUT2D eigenvalue weighted by atomic mass is 19.2. The monoisotopic (exact) mass is 198 g/mol. The lowest BCUT2D eigenvalue weighted by atomic mass is 9.98. The van der Waals surface area contributed by atoms with E-state index in [9.17, 15) is 13.6 Å². The first-order valence-corrected chi connectivity index (χ1v) is 4.45. The zero-order chi connectivity index (χ0) is 10.7. The molecule has 0 heterocycles. The minimum absolute atomic E-state index is 0.0507. The summed E-state index contributed by atoms with van der Waals surface area (Å²) in [6.07, 6.45) is 0.451. The van der Waals surface area contributed by atoms with E-state index < -0.39 is 11.6 Å². The highest BCUT2D eigenvalue weighted by Gasteiger charge is 2.10. The molecule has 0 saturated heterocycles. The van der Waals surface area contributed by atoms with Crippen molar-refractivity contribution in [3.63, 3.8) is 0 Å². The largest absolute Gasteiger partial charge is 0.300 e. The van der Waals surface area contributed by atoms with Gasteiger partial charge < -0.3 is 0 Å². The van der Waals surface area contributed by atoms with E-state index in [0.29, 0.717) is 12.0 Å². The van der Waals surface area contributed by atoms with Crippen LogP contribution in [0.5, 0.6) is 0 Å². The van der Waals surface area contributed by atoms with E-state index in [-0.39, 0.29) is 11.7 Å². The Hall–Kier alpha value is -1.25. The zero-order valence-corrected chi connectivity index (χ0v) is 8.18. The highest BCUT2D eigenvalue weighted by Crippen LogP contribution is 2.13. The summed E-state index contributed by atoms with van der Waals surface area (Å²) in [6.45, 7) is 3.26. The summed E-state index contributed by atoms with van der Waals surface area (Å²) in [6, 6.07) is 3.71. The smallest absolute Gasteiger partial charge is 0.159 e. The Morgan fingerprint density at radius 3 is 2.50 bits per heavy atom. The van der Waals surface area contributed by atoms with Gasteiger partial charge in [-0.05, 0) is 31.0 Å². The number of ketones is 1. The molecule has 1 atom stereocenters. The average molecular weight is 198 g/mol. The first-order valence-electron chi connectivity index (χ1n) is 4.45. The van der Waals surface area contributed by atoms with Gasteiger partial charge in [0, 0.05) is 5.92 Å². The molecule has 0 aliphatic carbocycles. The van der Waals surface area contributed by atoms with Gasteiger partial charge in [-0.15, -0.1) is 0 Å². The maximum atomic E-state index is 12.8. The fourth-order valence-corrected chi connectivity index (χ4v) is 1.16. The molecule has 0 fully saturated rings. The number of hydrogen-bond acceptors (Lipinski definition) is 1. The van der Waals surface area contributed by atoms with Gasteiger partial charge in [-0.3, -0.25) is 4.79 Å².